The minimum atomic E-state index is -4.96. The van der Waals surface area contributed by atoms with Gasteiger partial charge in [-0.15, -0.1) is 5.11 Å². The molecule has 3 rings (SSSR count). The maximum absolute atomic E-state index is 11.9. The molecule has 13 nitrogen and oxygen atoms in total. The van der Waals surface area contributed by atoms with E-state index in [0.717, 1.165) is 10.7 Å². The van der Waals surface area contributed by atoms with Gasteiger partial charge in [-0.05, 0) is 36.4 Å². The van der Waals surface area contributed by atoms with Gasteiger partial charge in [-0.3, -0.25) is 5.04 Å². The summed E-state index contributed by atoms with van der Waals surface area (Å²) < 4.78 is 41.1. The SMILES string of the molecule is CC(C)(C)c1nn(-c2cc(SOO[O-])ccc2S(=O)(=O)[O-])c(N)c1N=Nc1ccc(C#N)c(C#N)c1.[Na+].[Na+].[Y]. The fraction of sp³-hybridized carbons (Fsp3) is 0.190. The molecule has 1 heterocycles. The minimum absolute atomic E-state index is 0. The molecule has 0 fully saturated rings. The van der Waals surface area contributed by atoms with Gasteiger partial charge in [0, 0.05) is 43.0 Å². The quantitative estimate of drug-likeness (QED) is 0.0674. The summed E-state index contributed by atoms with van der Waals surface area (Å²) in [5.41, 5.74) is 6.40. The largest absolute Gasteiger partial charge is 1.00 e. The molecule has 39 heavy (non-hydrogen) atoms. The number of hydrogen-bond acceptors (Lipinski definition) is 13. The number of hydrogen-bond donors (Lipinski definition) is 1. The van der Waals surface area contributed by atoms with Gasteiger partial charge in [0.2, 0.25) is 0 Å². The van der Waals surface area contributed by atoms with Crippen molar-refractivity contribution >= 4 is 39.4 Å². The smallest absolute Gasteiger partial charge is 0.744 e. The van der Waals surface area contributed by atoms with Gasteiger partial charge in [-0.25, -0.2) is 13.1 Å². The predicted molar refractivity (Wildman–Crippen MR) is 123 cm³/mol. The van der Waals surface area contributed by atoms with Crippen LogP contribution in [0.1, 0.15) is 37.6 Å². The molecule has 0 saturated carbocycles. The number of nitrogens with zero attached hydrogens (tertiary/aromatic N) is 6. The van der Waals surface area contributed by atoms with Crippen LogP contribution in [0.2, 0.25) is 0 Å². The summed E-state index contributed by atoms with van der Waals surface area (Å²) >= 11 is 0.480. The third-order valence-corrected chi connectivity index (χ3v) is 6.15. The molecule has 0 aliphatic carbocycles. The maximum atomic E-state index is 11.9. The molecule has 2 aromatic carbocycles. The fourth-order valence-corrected chi connectivity index (χ4v) is 4.11. The predicted octanol–water partition coefficient (Wildman–Crippen LogP) is -2.95. The maximum Gasteiger partial charge on any atom is 1.00 e. The van der Waals surface area contributed by atoms with Crippen LogP contribution in [0.5, 0.6) is 0 Å². The van der Waals surface area contributed by atoms with Crippen molar-refractivity contribution in [2.75, 3.05) is 5.73 Å². The summed E-state index contributed by atoms with van der Waals surface area (Å²) in [6.45, 7) is 5.43. The fourth-order valence-electron chi connectivity index (χ4n) is 3.08. The van der Waals surface area contributed by atoms with Crippen molar-refractivity contribution in [2.24, 2.45) is 10.2 Å². The Bertz CT molecular complexity index is 1550. The normalized spacial score (nSPS) is 11.1. The number of aromatic nitrogens is 2. The molecular weight excluding hydrogens is 645 g/mol. The van der Waals surface area contributed by atoms with Gasteiger partial charge < -0.3 is 15.5 Å². The standard InChI is InChI=1S/C21H19N7O6S2.2Na.Y/c1-21(2,3)19-18(26-25-14-5-4-12(10-22)13(8-14)11-23)20(24)28(27-19)16-9-15(35-34-33-29)6-7-17(16)36(30,31)32;;;/h4-9,29H,24H2,1-3H3,(H,30,31,32);;;/q;2*+1;/p-2. The molecule has 0 unspecified atom stereocenters. The van der Waals surface area contributed by atoms with Gasteiger partial charge in [0.1, 0.15) is 22.3 Å². The van der Waals surface area contributed by atoms with Crippen LogP contribution in [0.3, 0.4) is 0 Å². The second kappa shape index (κ2) is 16.1. The van der Waals surface area contributed by atoms with Crippen molar-refractivity contribution < 1.29 is 119 Å². The Kier molecular flexibility index (Phi) is 15.8. The first kappa shape index (κ1) is 38.3. The third-order valence-electron chi connectivity index (χ3n) is 4.70. The van der Waals surface area contributed by atoms with Crippen LogP contribution in [0.25, 0.3) is 5.69 Å². The molecule has 0 aliphatic rings. The number of azo groups is 1. The molecule has 0 amide bonds. The Morgan fingerprint density at radius 3 is 2.26 bits per heavy atom. The van der Waals surface area contributed by atoms with Crippen molar-refractivity contribution in [3.8, 4) is 17.8 Å². The topological polar surface area (TPSA) is 215 Å². The van der Waals surface area contributed by atoms with E-state index in [1.807, 2.05) is 32.9 Å². The molecule has 0 saturated heterocycles. The van der Waals surface area contributed by atoms with Crippen molar-refractivity contribution in [2.45, 2.75) is 36.0 Å². The average molecular weight is 662 g/mol. The van der Waals surface area contributed by atoms with Crippen LogP contribution in [-0.2, 0) is 57.6 Å². The van der Waals surface area contributed by atoms with Crippen LogP contribution in [0.4, 0.5) is 17.2 Å². The van der Waals surface area contributed by atoms with Gasteiger partial charge in [-0.2, -0.15) is 25.1 Å². The Morgan fingerprint density at radius 2 is 1.72 bits per heavy atom. The van der Waals surface area contributed by atoms with Crippen LogP contribution in [0.15, 0.2) is 56.4 Å². The van der Waals surface area contributed by atoms with E-state index < -0.39 is 20.4 Å². The van der Waals surface area contributed by atoms with Gasteiger partial charge in [0.05, 0.1) is 45.1 Å². The summed E-state index contributed by atoms with van der Waals surface area (Å²) in [5, 5.41) is 44.5. The Morgan fingerprint density at radius 1 is 1.08 bits per heavy atom. The van der Waals surface area contributed by atoms with Crippen LogP contribution >= 0.6 is 12.0 Å². The number of nitriles is 2. The third kappa shape index (κ3) is 9.39. The molecule has 2 N–H and O–H groups in total. The van der Waals surface area contributed by atoms with Crippen molar-refractivity contribution in [3.63, 3.8) is 0 Å². The first-order valence-corrected chi connectivity index (χ1v) is 12.0. The van der Waals surface area contributed by atoms with E-state index in [-0.39, 0.29) is 131 Å². The zero-order valence-electron chi connectivity index (χ0n) is 21.6. The number of nitrogens with two attached hydrogens (primary N) is 1. The average Bonchev–Trinajstić information content (AvgIpc) is 3.16. The van der Waals surface area contributed by atoms with E-state index in [2.05, 4.69) is 24.7 Å². The van der Waals surface area contributed by atoms with E-state index in [9.17, 15) is 23.5 Å². The first-order chi connectivity index (χ1) is 16.9. The Hall–Kier alpha value is -0.726. The number of nitrogen functional groups attached to an aromatic ring is 1. The monoisotopic (exact) mass is 662 g/mol. The summed E-state index contributed by atoms with van der Waals surface area (Å²) in [7, 11) is -4.96. The summed E-state index contributed by atoms with van der Waals surface area (Å²) in [6.07, 6.45) is 0. The van der Waals surface area contributed by atoms with Crippen LogP contribution in [-0.4, -0.2) is 22.8 Å². The second-order valence-electron chi connectivity index (χ2n) is 8.20. The molecular formula is C21H17N7Na2O6S2Y. The zero-order chi connectivity index (χ0) is 26.7. The van der Waals surface area contributed by atoms with E-state index in [1.165, 1.54) is 30.3 Å². The van der Waals surface area contributed by atoms with E-state index in [1.54, 1.807) is 0 Å². The molecule has 18 heteroatoms. The van der Waals surface area contributed by atoms with Crippen LogP contribution < -0.4 is 70.1 Å². The Labute approximate surface area is 298 Å². The van der Waals surface area contributed by atoms with Crippen molar-refractivity contribution in [1.82, 2.24) is 9.78 Å². The van der Waals surface area contributed by atoms with Crippen molar-refractivity contribution in [1.29, 1.82) is 10.5 Å². The molecule has 0 spiro atoms. The summed E-state index contributed by atoms with van der Waals surface area (Å²) in [5.74, 6) is -0.133. The molecule has 0 atom stereocenters. The van der Waals surface area contributed by atoms with E-state index >= 15 is 0 Å². The number of benzene rings is 2. The second-order valence-corrected chi connectivity index (χ2v) is 10.3. The minimum Gasteiger partial charge on any atom is -0.744 e. The number of anilines is 1. The van der Waals surface area contributed by atoms with E-state index in [0.29, 0.717) is 17.7 Å². The number of rotatable bonds is 7. The molecule has 1 radical (unpaired) electrons. The van der Waals surface area contributed by atoms with Crippen molar-refractivity contribution in [3.05, 3.63) is 53.2 Å². The molecule has 189 valence electrons. The summed E-state index contributed by atoms with van der Waals surface area (Å²) in [6, 6.07) is 11.6. The van der Waals surface area contributed by atoms with Gasteiger partial charge in [-0.1, -0.05) is 20.8 Å². The first-order valence-electron chi connectivity index (χ1n) is 9.89. The van der Waals surface area contributed by atoms with Crippen LogP contribution in [0, 0.1) is 22.7 Å². The molecule has 0 aliphatic heterocycles. The van der Waals surface area contributed by atoms with E-state index in [4.69, 9.17) is 11.0 Å². The van der Waals surface area contributed by atoms with Gasteiger partial charge in [0.25, 0.3) is 0 Å². The molecule has 1 aromatic heterocycles. The zero-order valence-corrected chi connectivity index (χ0v) is 30.0. The Balaban J connectivity index is 0.00000481. The molecule has 0 bridgehead atoms. The van der Waals surface area contributed by atoms with Gasteiger partial charge >= 0.3 is 59.1 Å². The summed E-state index contributed by atoms with van der Waals surface area (Å²) in [4.78, 5) is -0.413. The molecule has 3 aromatic rings. The van der Waals surface area contributed by atoms with Gasteiger partial charge in [0.15, 0.2) is 11.5 Å².